The third-order valence-electron chi connectivity index (χ3n) is 5.30. The average Bonchev–Trinajstić information content (AvgIpc) is 3.07. The Labute approximate surface area is 165 Å². The number of nitrogen functional groups attached to an aromatic ring is 1. The molecule has 4 rings (SSSR count). The highest BCUT2D eigenvalue weighted by Gasteiger charge is 2.24. The molecule has 0 spiro atoms. The Morgan fingerprint density at radius 1 is 1.07 bits per heavy atom. The van der Waals surface area contributed by atoms with Crippen LogP contribution in [-0.2, 0) is 11.2 Å². The van der Waals surface area contributed by atoms with Gasteiger partial charge < -0.3 is 16.0 Å². The molecule has 0 saturated carbocycles. The predicted molar refractivity (Wildman–Crippen MR) is 109 cm³/mol. The number of nitrogens with two attached hydrogens (primary N) is 1. The third kappa shape index (κ3) is 3.93. The molecule has 0 aromatic heterocycles. The van der Waals surface area contributed by atoms with Crippen LogP contribution in [0.2, 0.25) is 0 Å². The third-order valence-corrected chi connectivity index (χ3v) is 5.30. The molecule has 2 aromatic carbocycles. The van der Waals surface area contributed by atoms with Crippen LogP contribution < -0.4 is 16.0 Å². The van der Waals surface area contributed by atoms with Gasteiger partial charge in [-0.2, -0.15) is 0 Å². The van der Waals surface area contributed by atoms with Gasteiger partial charge in [0.1, 0.15) is 0 Å². The zero-order chi connectivity index (χ0) is 18.1. The molecular formula is C21H24ClN3O2. The van der Waals surface area contributed by atoms with Crippen molar-refractivity contribution in [3.05, 3.63) is 59.2 Å². The summed E-state index contributed by atoms with van der Waals surface area (Å²) in [5, 5.41) is 3.15. The summed E-state index contributed by atoms with van der Waals surface area (Å²) in [4.78, 5) is 26.3. The van der Waals surface area contributed by atoms with Crippen LogP contribution >= 0.6 is 12.4 Å². The number of halogens is 1. The van der Waals surface area contributed by atoms with E-state index in [0.717, 1.165) is 49.2 Å². The zero-order valence-electron chi connectivity index (χ0n) is 15.1. The molecule has 0 bridgehead atoms. The van der Waals surface area contributed by atoms with Gasteiger partial charge in [-0.3, -0.25) is 9.59 Å². The van der Waals surface area contributed by atoms with Crippen LogP contribution in [0.1, 0.15) is 53.2 Å². The fourth-order valence-electron chi connectivity index (χ4n) is 3.94. The topological polar surface area (TPSA) is 75.4 Å². The molecular weight excluding hydrogens is 362 g/mol. The molecule has 2 amide bonds. The van der Waals surface area contributed by atoms with Crippen LogP contribution in [0.5, 0.6) is 0 Å². The summed E-state index contributed by atoms with van der Waals surface area (Å²) in [5.74, 6) is 0.0688. The summed E-state index contributed by atoms with van der Waals surface area (Å²) in [5.41, 5.74) is 10.5. The number of carbonyl (C=O) groups is 2. The number of anilines is 2. The number of hydrogen-bond donors (Lipinski definition) is 2. The van der Waals surface area contributed by atoms with E-state index in [1.165, 1.54) is 5.56 Å². The van der Waals surface area contributed by atoms with Gasteiger partial charge in [0.25, 0.3) is 5.91 Å². The monoisotopic (exact) mass is 385 g/mol. The largest absolute Gasteiger partial charge is 0.399 e. The first-order chi connectivity index (χ1) is 12.6. The molecule has 0 radical (unpaired) electrons. The summed E-state index contributed by atoms with van der Waals surface area (Å²) >= 11 is 0. The van der Waals surface area contributed by atoms with E-state index >= 15 is 0 Å². The van der Waals surface area contributed by atoms with E-state index in [1.54, 1.807) is 17.0 Å². The highest BCUT2D eigenvalue weighted by Crippen LogP contribution is 2.31. The van der Waals surface area contributed by atoms with Crippen molar-refractivity contribution in [2.75, 3.05) is 17.2 Å². The van der Waals surface area contributed by atoms with Gasteiger partial charge in [-0.05, 0) is 73.2 Å². The first-order valence-corrected chi connectivity index (χ1v) is 9.21. The maximum absolute atomic E-state index is 12.7. The maximum Gasteiger partial charge on any atom is 0.251 e. The van der Waals surface area contributed by atoms with E-state index < -0.39 is 0 Å². The standard InChI is InChI=1S/C21H23N3O2.ClH/c22-16-8-11-18-15(13-16)3-1-4-19(18)23-21(26)14-6-9-17(10-7-14)24-12-2-5-20(24)25;/h6-11,13,19H,1-5,12,22H2,(H,23,26);1H. The van der Waals surface area contributed by atoms with Crippen molar-refractivity contribution in [1.82, 2.24) is 5.32 Å². The van der Waals surface area contributed by atoms with E-state index in [4.69, 9.17) is 5.73 Å². The fourth-order valence-corrected chi connectivity index (χ4v) is 3.94. The number of nitrogens with zero attached hydrogens (tertiary/aromatic N) is 1. The number of hydrogen-bond acceptors (Lipinski definition) is 3. The second-order valence-corrected chi connectivity index (χ2v) is 7.07. The van der Waals surface area contributed by atoms with Gasteiger partial charge in [0.05, 0.1) is 6.04 Å². The van der Waals surface area contributed by atoms with Crippen LogP contribution in [-0.4, -0.2) is 18.4 Å². The molecule has 1 saturated heterocycles. The molecule has 1 atom stereocenters. The number of rotatable bonds is 3. The van der Waals surface area contributed by atoms with Gasteiger partial charge in [0, 0.05) is 29.9 Å². The van der Waals surface area contributed by atoms with Crippen molar-refractivity contribution in [3.8, 4) is 0 Å². The second-order valence-electron chi connectivity index (χ2n) is 7.07. The molecule has 5 nitrogen and oxygen atoms in total. The van der Waals surface area contributed by atoms with Gasteiger partial charge in [-0.15, -0.1) is 12.4 Å². The average molecular weight is 386 g/mol. The van der Waals surface area contributed by atoms with Crippen molar-refractivity contribution in [2.45, 2.75) is 38.1 Å². The quantitative estimate of drug-likeness (QED) is 0.792. The number of aryl methyl sites for hydroxylation is 1. The highest BCUT2D eigenvalue weighted by atomic mass is 35.5. The van der Waals surface area contributed by atoms with Crippen molar-refractivity contribution < 1.29 is 9.59 Å². The summed E-state index contributed by atoms with van der Waals surface area (Å²) in [6, 6.07) is 13.2. The Balaban J connectivity index is 0.00000210. The fraction of sp³-hybridized carbons (Fsp3) is 0.333. The Morgan fingerprint density at radius 2 is 1.85 bits per heavy atom. The molecule has 6 heteroatoms. The smallest absolute Gasteiger partial charge is 0.251 e. The minimum absolute atomic E-state index is 0. The van der Waals surface area contributed by atoms with E-state index in [-0.39, 0.29) is 30.3 Å². The summed E-state index contributed by atoms with van der Waals surface area (Å²) in [7, 11) is 0. The Morgan fingerprint density at radius 3 is 2.56 bits per heavy atom. The lowest BCUT2D eigenvalue weighted by atomic mass is 9.87. The molecule has 2 aromatic rings. The second kappa shape index (κ2) is 8.01. The predicted octanol–water partition coefficient (Wildman–Crippen LogP) is 3.62. The molecule has 1 fully saturated rings. The number of benzene rings is 2. The first kappa shape index (κ1) is 19.2. The number of carbonyl (C=O) groups excluding carboxylic acids is 2. The minimum Gasteiger partial charge on any atom is -0.399 e. The Hall–Kier alpha value is -2.53. The molecule has 142 valence electrons. The van der Waals surface area contributed by atoms with E-state index in [1.807, 2.05) is 30.3 Å². The molecule has 1 heterocycles. The van der Waals surface area contributed by atoms with Crippen LogP contribution in [0.4, 0.5) is 11.4 Å². The van der Waals surface area contributed by atoms with E-state index in [9.17, 15) is 9.59 Å². The van der Waals surface area contributed by atoms with Crippen molar-refractivity contribution in [1.29, 1.82) is 0 Å². The molecule has 1 aliphatic heterocycles. The molecule has 1 unspecified atom stereocenters. The minimum atomic E-state index is -0.0843. The lowest BCUT2D eigenvalue weighted by Gasteiger charge is -2.26. The lowest BCUT2D eigenvalue weighted by molar-refractivity contribution is -0.117. The van der Waals surface area contributed by atoms with Crippen LogP contribution in [0.15, 0.2) is 42.5 Å². The van der Waals surface area contributed by atoms with Gasteiger partial charge >= 0.3 is 0 Å². The zero-order valence-corrected chi connectivity index (χ0v) is 15.9. The summed E-state index contributed by atoms with van der Waals surface area (Å²) in [6.07, 6.45) is 4.48. The van der Waals surface area contributed by atoms with E-state index in [0.29, 0.717) is 12.0 Å². The normalized spacial score (nSPS) is 18.6. The molecule has 2 aliphatic rings. The Kier molecular flexibility index (Phi) is 5.71. The van der Waals surface area contributed by atoms with E-state index in [2.05, 4.69) is 5.32 Å². The summed E-state index contributed by atoms with van der Waals surface area (Å²) < 4.78 is 0. The van der Waals surface area contributed by atoms with Crippen LogP contribution in [0, 0.1) is 0 Å². The van der Waals surface area contributed by atoms with Crippen LogP contribution in [0.3, 0.4) is 0 Å². The van der Waals surface area contributed by atoms with Crippen LogP contribution in [0.25, 0.3) is 0 Å². The van der Waals surface area contributed by atoms with Gasteiger partial charge in [0.2, 0.25) is 5.91 Å². The van der Waals surface area contributed by atoms with Gasteiger partial charge in [0.15, 0.2) is 0 Å². The SMILES string of the molecule is Cl.Nc1ccc2c(c1)CCCC2NC(=O)c1ccc(N2CCCC2=O)cc1. The van der Waals surface area contributed by atoms with Gasteiger partial charge in [-0.25, -0.2) is 0 Å². The maximum atomic E-state index is 12.7. The number of amides is 2. The molecule has 1 aliphatic carbocycles. The highest BCUT2D eigenvalue weighted by molar-refractivity contribution is 5.97. The first-order valence-electron chi connectivity index (χ1n) is 9.21. The molecule has 3 N–H and O–H groups in total. The van der Waals surface area contributed by atoms with Crippen molar-refractivity contribution >= 4 is 35.6 Å². The molecule has 27 heavy (non-hydrogen) atoms. The van der Waals surface area contributed by atoms with Gasteiger partial charge in [-0.1, -0.05) is 6.07 Å². The lowest BCUT2D eigenvalue weighted by Crippen LogP contribution is -2.31. The van der Waals surface area contributed by atoms with Crippen molar-refractivity contribution in [3.63, 3.8) is 0 Å². The number of nitrogens with one attached hydrogen (secondary N) is 1. The van der Waals surface area contributed by atoms with Crippen molar-refractivity contribution in [2.24, 2.45) is 0 Å². The summed E-state index contributed by atoms with van der Waals surface area (Å²) in [6.45, 7) is 0.756. The number of fused-ring (bicyclic) bond motifs is 1. The Bertz CT molecular complexity index is 851.